The fourth-order valence-corrected chi connectivity index (χ4v) is 3.70. The number of piperidine rings is 1. The molecule has 1 aliphatic rings. The van der Waals surface area contributed by atoms with Crippen molar-refractivity contribution in [1.29, 1.82) is 0 Å². The van der Waals surface area contributed by atoms with Crippen LogP contribution in [0.2, 0.25) is 0 Å². The zero-order valence-corrected chi connectivity index (χ0v) is 15.0. The Hall–Kier alpha value is -2.04. The van der Waals surface area contributed by atoms with Gasteiger partial charge in [0.15, 0.2) is 0 Å². The molecule has 3 rings (SSSR count). The lowest BCUT2D eigenvalue weighted by Crippen LogP contribution is -2.46. The lowest BCUT2D eigenvalue weighted by atomic mass is 10.0. The number of rotatable bonds is 5. The van der Waals surface area contributed by atoms with Gasteiger partial charge >= 0.3 is 0 Å². The summed E-state index contributed by atoms with van der Waals surface area (Å²) in [5.41, 5.74) is 2.22. The second kappa shape index (κ2) is 7.24. The quantitative estimate of drug-likeness (QED) is 0.845. The summed E-state index contributed by atoms with van der Waals surface area (Å²) in [7, 11) is 0. The van der Waals surface area contributed by atoms with Crippen LogP contribution < -0.4 is 0 Å². The number of aryl methyl sites for hydroxylation is 2. The summed E-state index contributed by atoms with van der Waals surface area (Å²) >= 11 is 0. The van der Waals surface area contributed by atoms with Gasteiger partial charge in [0.25, 0.3) is 0 Å². The van der Waals surface area contributed by atoms with Crippen molar-refractivity contribution in [2.24, 2.45) is 0 Å². The van der Waals surface area contributed by atoms with Crippen LogP contribution in [-0.4, -0.2) is 37.7 Å². The molecule has 0 N–H and O–H groups in total. The highest BCUT2D eigenvalue weighted by atomic mass is 16.2. The van der Waals surface area contributed by atoms with Gasteiger partial charge in [-0.3, -0.25) is 9.48 Å². The third kappa shape index (κ3) is 3.71. The molecule has 2 atom stereocenters. The highest BCUT2D eigenvalue weighted by Crippen LogP contribution is 2.22. The summed E-state index contributed by atoms with van der Waals surface area (Å²) in [5, 5.41) is 4.57. The molecule has 24 heavy (non-hydrogen) atoms. The lowest BCUT2D eigenvalue weighted by molar-refractivity contribution is -0.136. The predicted octanol–water partition coefficient (Wildman–Crippen LogP) is 3.33. The van der Waals surface area contributed by atoms with Crippen molar-refractivity contribution >= 4 is 5.91 Å². The van der Waals surface area contributed by atoms with E-state index in [1.807, 2.05) is 31.5 Å². The molecule has 2 aromatic rings. The third-order valence-electron chi connectivity index (χ3n) is 5.04. The van der Waals surface area contributed by atoms with Gasteiger partial charge in [-0.1, -0.05) is 0 Å². The van der Waals surface area contributed by atoms with Gasteiger partial charge in [0, 0.05) is 37.1 Å². The van der Waals surface area contributed by atoms with E-state index >= 15 is 0 Å². The molecule has 3 heterocycles. The molecule has 1 amide bonds. The Balaban J connectivity index is 1.67. The minimum atomic E-state index is 0.198. The molecule has 2 aromatic heterocycles. The maximum absolute atomic E-state index is 12.9. The standard InChI is InChI=1S/C19H28N4O/c1-15-12-17(3)23(20-15)14-18-8-4-5-11-22(18)19(24)13-16(2)21-9-6-7-10-21/h6-7,9-10,12,16,18H,4-5,8,11,13-14H2,1-3H3. The van der Waals surface area contributed by atoms with E-state index in [0.717, 1.165) is 31.6 Å². The van der Waals surface area contributed by atoms with Crippen molar-refractivity contribution in [3.63, 3.8) is 0 Å². The van der Waals surface area contributed by atoms with Crippen molar-refractivity contribution < 1.29 is 4.79 Å². The molecular weight excluding hydrogens is 300 g/mol. The first-order valence-corrected chi connectivity index (χ1v) is 8.97. The molecule has 0 spiro atoms. The second-order valence-electron chi connectivity index (χ2n) is 7.03. The van der Waals surface area contributed by atoms with Crippen LogP contribution in [0.15, 0.2) is 30.6 Å². The van der Waals surface area contributed by atoms with Gasteiger partial charge < -0.3 is 9.47 Å². The Labute approximate surface area is 144 Å². The first-order valence-electron chi connectivity index (χ1n) is 8.97. The average molecular weight is 328 g/mol. The van der Waals surface area contributed by atoms with Crippen molar-refractivity contribution in [3.8, 4) is 0 Å². The maximum Gasteiger partial charge on any atom is 0.224 e. The van der Waals surface area contributed by atoms with E-state index in [4.69, 9.17) is 0 Å². The van der Waals surface area contributed by atoms with E-state index in [-0.39, 0.29) is 18.0 Å². The van der Waals surface area contributed by atoms with Crippen molar-refractivity contribution in [2.75, 3.05) is 6.54 Å². The molecule has 5 nitrogen and oxygen atoms in total. The SMILES string of the molecule is Cc1cc(C)n(CC2CCCCN2C(=O)CC(C)n2cccc2)n1. The van der Waals surface area contributed by atoms with Gasteiger partial charge in [0.05, 0.1) is 18.3 Å². The van der Waals surface area contributed by atoms with Crippen LogP contribution in [0, 0.1) is 13.8 Å². The van der Waals surface area contributed by atoms with Gasteiger partial charge in [0.2, 0.25) is 5.91 Å². The van der Waals surface area contributed by atoms with Gasteiger partial charge in [-0.2, -0.15) is 5.10 Å². The number of hydrogen-bond donors (Lipinski definition) is 0. The zero-order valence-electron chi connectivity index (χ0n) is 15.0. The summed E-state index contributed by atoms with van der Waals surface area (Å²) in [5.74, 6) is 0.266. The summed E-state index contributed by atoms with van der Waals surface area (Å²) < 4.78 is 4.17. The number of carbonyl (C=O) groups excluding carboxylic acids is 1. The van der Waals surface area contributed by atoms with Crippen LogP contribution in [-0.2, 0) is 11.3 Å². The monoisotopic (exact) mass is 328 g/mol. The lowest BCUT2D eigenvalue weighted by Gasteiger charge is -2.36. The highest BCUT2D eigenvalue weighted by molar-refractivity contribution is 5.77. The predicted molar refractivity (Wildman–Crippen MR) is 94.8 cm³/mol. The van der Waals surface area contributed by atoms with Crippen LogP contribution >= 0.6 is 0 Å². The minimum Gasteiger partial charge on any atom is -0.351 e. The van der Waals surface area contributed by atoms with Crippen LogP contribution in [0.5, 0.6) is 0 Å². The molecule has 1 aliphatic heterocycles. The summed E-state index contributed by atoms with van der Waals surface area (Å²) in [6.07, 6.45) is 7.99. The number of carbonyl (C=O) groups is 1. The molecule has 0 aliphatic carbocycles. The fraction of sp³-hybridized carbons (Fsp3) is 0.579. The molecule has 0 aromatic carbocycles. The van der Waals surface area contributed by atoms with Crippen LogP contribution in [0.1, 0.15) is 50.0 Å². The van der Waals surface area contributed by atoms with Gasteiger partial charge in [0.1, 0.15) is 0 Å². The van der Waals surface area contributed by atoms with E-state index in [2.05, 4.69) is 39.2 Å². The second-order valence-corrected chi connectivity index (χ2v) is 7.03. The number of nitrogens with zero attached hydrogens (tertiary/aromatic N) is 4. The average Bonchev–Trinajstić information content (AvgIpc) is 3.18. The molecule has 0 radical (unpaired) electrons. The molecular formula is C19H28N4O. The maximum atomic E-state index is 12.9. The van der Waals surface area contributed by atoms with E-state index < -0.39 is 0 Å². The molecule has 1 saturated heterocycles. The number of amides is 1. The van der Waals surface area contributed by atoms with Gasteiger partial charge in [-0.05, 0) is 58.2 Å². The fourth-order valence-electron chi connectivity index (χ4n) is 3.70. The summed E-state index contributed by atoms with van der Waals surface area (Å²) in [6, 6.07) is 6.58. The number of aromatic nitrogens is 3. The van der Waals surface area contributed by atoms with E-state index in [0.29, 0.717) is 6.42 Å². The number of hydrogen-bond acceptors (Lipinski definition) is 2. The first kappa shape index (κ1) is 16.8. The van der Waals surface area contributed by atoms with Crippen molar-refractivity contribution in [3.05, 3.63) is 42.0 Å². The van der Waals surface area contributed by atoms with E-state index in [1.54, 1.807) is 0 Å². The van der Waals surface area contributed by atoms with E-state index in [9.17, 15) is 4.79 Å². The first-order chi connectivity index (χ1) is 11.5. The van der Waals surface area contributed by atoms with Crippen LogP contribution in [0.3, 0.4) is 0 Å². The Morgan fingerprint density at radius 3 is 2.71 bits per heavy atom. The third-order valence-corrected chi connectivity index (χ3v) is 5.04. The van der Waals surface area contributed by atoms with Crippen LogP contribution in [0.4, 0.5) is 0 Å². The van der Waals surface area contributed by atoms with Crippen molar-refractivity contribution in [1.82, 2.24) is 19.2 Å². The molecule has 0 bridgehead atoms. The van der Waals surface area contributed by atoms with Crippen LogP contribution in [0.25, 0.3) is 0 Å². The number of likely N-dealkylation sites (tertiary alicyclic amines) is 1. The van der Waals surface area contributed by atoms with E-state index in [1.165, 1.54) is 12.1 Å². The van der Waals surface area contributed by atoms with Crippen molar-refractivity contribution in [2.45, 2.75) is 65.1 Å². The zero-order chi connectivity index (χ0) is 17.1. The molecule has 0 saturated carbocycles. The normalized spacial score (nSPS) is 19.5. The molecule has 130 valence electrons. The minimum absolute atomic E-state index is 0.198. The summed E-state index contributed by atoms with van der Waals surface area (Å²) in [4.78, 5) is 15.0. The highest BCUT2D eigenvalue weighted by Gasteiger charge is 2.28. The molecule has 1 fully saturated rings. The smallest absolute Gasteiger partial charge is 0.224 e. The van der Waals surface area contributed by atoms with Gasteiger partial charge in [-0.25, -0.2) is 0 Å². The molecule has 5 heteroatoms. The Morgan fingerprint density at radius 2 is 2.04 bits per heavy atom. The topological polar surface area (TPSA) is 43.1 Å². The summed E-state index contributed by atoms with van der Waals surface area (Å²) in [6.45, 7) is 7.90. The largest absolute Gasteiger partial charge is 0.351 e. The van der Waals surface area contributed by atoms with Gasteiger partial charge in [-0.15, -0.1) is 0 Å². The molecule has 2 unspecified atom stereocenters. The Morgan fingerprint density at radius 1 is 1.29 bits per heavy atom. The Kier molecular flexibility index (Phi) is 5.07. The Bertz CT molecular complexity index is 674.